The molecule has 1 heterocycles. The quantitative estimate of drug-likeness (QED) is 0.781. The number of alkyl halides is 4. The van der Waals surface area contributed by atoms with Crippen LogP contribution in [-0.2, 0) is 6.42 Å². The van der Waals surface area contributed by atoms with E-state index in [1.807, 2.05) is 6.92 Å². The minimum atomic E-state index is -4.20. The Morgan fingerprint density at radius 3 is 2.53 bits per heavy atom. The second-order valence-electron chi connectivity index (χ2n) is 3.74. The van der Waals surface area contributed by atoms with Crippen molar-refractivity contribution in [1.29, 1.82) is 0 Å². The van der Waals surface area contributed by atoms with E-state index in [4.69, 9.17) is 0 Å². The van der Waals surface area contributed by atoms with Crippen LogP contribution in [0.4, 0.5) is 23.4 Å². The Balaban J connectivity index is 2.80. The molecule has 0 fully saturated rings. The van der Waals surface area contributed by atoms with Gasteiger partial charge < -0.3 is 10.1 Å². The zero-order chi connectivity index (χ0) is 14.5. The summed E-state index contributed by atoms with van der Waals surface area (Å²) in [5, 5.41) is 2.88. The van der Waals surface area contributed by atoms with Crippen LogP contribution in [0.3, 0.4) is 0 Å². The molecule has 19 heavy (non-hydrogen) atoms. The standard InChI is InChI=1S/C11H15F4N3O/c1-3-7-17-8(16-4-2)5-9(18-7)19-6-11(14,15)10(12)13/h5,10H,3-4,6H2,1-2H3,(H,16,17,18). The van der Waals surface area contributed by atoms with Crippen LogP contribution in [-0.4, -0.2) is 35.5 Å². The molecule has 0 atom stereocenters. The Hall–Kier alpha value is -1.60. The number of hydrogen-bond donors (Lipinski definition) is 1. The van der Waals surface area contributed by atoms with Gasteiger partial charge in [0.15, 0.2) is 6.61 Å². The minimum Gasteiger partial charge on any atom is -0.471 e. The van der Waals surface area contributed by atoms with Crippen molar-refractivity contribution in [2.24, 2.45) is 0 Å². The maximum absolute atomic E-state index is 12.7. The monoisotopic (exact) mass is 281 g/mol. The first-order valence-electron chi connectivity index (χ1n) is 5.79. The normalized spacial score (nSPS) is 11.7. The van der Waals surface area contributed by atoms with Crippen LogP contribution >= 0.6 is 0 Å². The van der Waals surface area contributed by atoms with Crippen molar-refractivity contribution in [3.63, 3.8) is 0 Å². The predicted octanol–water partition coefficient (Wildman–Crippen LogP) is 2.75. The van der Waals surface area contributed by atoms with Crippen LogP contribution in [0.15, 0.2) is 6.07 Å². The summed E-state index contributed by atoms with van der Waals surface area (Å²) in [4.78, 5) is 7.93. The molecule has 0 bridgehead atoms. The lowest BCUT2D eigenvalue weighted by Gasteiger charge is -2.16. The molecular formula is C11H15F4N3O. The highest BCUT2D eigenvalue weighted by Crippen LogP contribution is 2.24. The molecule has 0 radical (unpaired) electrons. The highest BCUT2D eigenvalue weighted by atomic mass is 19.3. The van der Waals surface area contributed by atoms with E-state index >= 15 is 0 Å². The topological polar surface area (TPSA) is 47.0 Å². The molecule has 0 unspecified atom stereocenters. The Labute approximate surface area is 108 Å². The highest BCUT2D eigenvalue weighted by molar-refractivity contribution is 5.38. The fourth-order valence-electron chi connectivity index (χ4n) is 1.21. The van der Waals surface area contributed by atoms with Gasteiger partial charge >= 0.3 is 12.3 Å². The van der Waals surface area contributed by atoms with Gasteiger partial charge in [-0.15, -0.1) is 0 Å². The van der Waals surface area contributed by atoms with Crippen molar-refractivity contribution in [2.75, 3.05) is 18.5 Å². The SMILES string of the molecule is CCNc1cc(OCC(F)(F)C(F)F)nc(CC)n1. The van der Waals surface area contributed by atoms with Crippen molar-refractivity contribution < 1.29 is 22.3 Å². The van der Waals surface area contributed by atoms with Gasteiger partial charge in [0.25, 0.3) is 0 Å². The zero-order valence-electron chi connectivity index (χ0n) is 10.6. The van der Waals surface area contributed by atoms with E-state index in [9.17, 15) is 17.6 Å². The summed E-state index contributed by atoms with van der Waals surface area (Å²) >= 11 is 0. The molecule has 0 aliphatic carbocycles. The van der Waals surface area contributed by atoms with Gasteiger partial charge in [0.1, 0.15) is 11.6 Å². The van der Waals surface area contributed by atoms with E-state index < -0.39 is 19.0 Å². The first-order chi connectivity index (χ1) is 8.89. The van der Waals surface area contributed by atoms with E-state index in [0.29, 0.717) is 24.6 Å². The van der Waals surface area contributed by atoms with Gasteiger partial charge in [-0.2, -0.15) is 13.8 Å². The molecule has 0 aliphatic heterocycles. The summed E-state index contributed by atoms with van der Waals surface area (Å²) in [7, 11) is 0. The summed E-state index contributed by atoms with van der Waals surface area (Å²) in [6.45, 7) is 2.77. The highest BCUT2D eigenvalue weighted by Gasteiger charge is 2.41. The van der Waals surface area contributed by atoms with E-state index in [2.05, 4.69) is 20.0 Å². The number of aromatic nitrogens is 2. The average Bonchev–Trinajstić information content (AvgIpc) is 2.36. The molecular weight excluding hydrogens is 266 g/mol. The summed E-state index contributed by atoms with van der Waals surface area (Å²) in [5.74, 6) is -3.56. The van der Waals surface area contributed by atoms with Crippen LogP contribution in [0.25, 0.3) is 0 Å². The van der Waals surface area contributed by atoms with Crippen LogP contribution < -0.4 is 10.1 Å². The molecule has 0 saturated heterocycles. The average molecular weight is 281 g/mol. The molecule has 1 aromatic rings. The Morgan fingerprint density at radius 1 is 1.32 bits per heavy atom. The molecule has 8 heteroatoms. The fourth-order valence-corrected chi connectivity index (χ4v) is 1.21. The maximum Gasteiger partial charge on any atom is 0.340 e. The Bertz CT molecular complexity index is 415. The number of anilines is 1. The third-order valence-corrected chi connectivity index (χ3v) is 2.15. The first-order valence-corrected chi connectivity index (χ1v) is 5.79. The molecule has 0 aliphatic rings. The molecule has 0 aromatic carbocycles. The van der Waals surface area contributed by atoms with Crippen molar-refractivity contribution in [1.82, 2.24) is 9.97 Å². The second-order valence-corrected chi connectivity index (χ2v) is 3.74. The van der Waals surface area contributed by atoms with Crippen molar-refractivity contribution in [3.05, 3.63) is 11.9 Å². The van der Waals surface area contributed by atoms with E-state index in [1.54, 1.807) is 6.92 Å². The van der Waals surface area contributed by atoms with Crippen molar-refractivity contribution >= 4 is 5.82 Å². The molecule has 1 aromatic heterocycles. The van der Waals surface area contributed by atoms with Gasteiger partial charge in [-0.1, -0.05) is 6.92 Å². The number of aryl methyl sites for hydroxylation is 1. The second kappa shape index (κ2) is 6.53. The molecule has 4 nitrogen and oxygen atoms in total. The molecule has 108 valence electrons. The van der Waals surface area contributed by atoms with Gasteiger partial charge in [-0.25, -0.2) is 13.8 Å². The number of nitrogens with one attached hydrogen (secondary N) is 1. The molecule has 1 rings (SSSR count). The summed E-state index contributed by atoms with van der Waals surface area (Å²) < 4.78 is 54.1. The summed E-state index contributed by atoms with van der Waals surface area (Å²) in [5.41, 5.74) is 0. The molecule has 0 saturated carbocycles. The van der Waals surface area contributed by atoms with Gasteiger partial charge in [0.05, 0.1) is 0 Å². The number of nitrogens with zero attached hydrogens (tertiary/aromatic N) is 2. The zero-order valence-corrected chi connectivity index (χ0v) is 10.6. The van der Waals surface area contributed by atoms with E-state index in [1.165, 1.54) is 6.07 Å². The summed E-state index contributed by atoms with van der Waals surface area (Å²) in [6, 6.07) is 1.30. The van der Waals surface area contributed by atoms with Crippen LogP contribution in [0.5, 0.6) is 5.88 Å². The van der Waals surface area contributed by atoms with Gasteiger partial charge in [-0.3, -0.25) is 0 Å². The van der Waals surface area contributed by atoms with Crippen molar-refractivity contribution in [3.8, 4) is 5.88 Å². The lowest BCUT2D eigenvalue weighted by molar-refractivity contribution is -0.148. The predicted molar refractivity (Wildman–Crippen MR) is 62.0 cm³/mol. The fraction of sp³-hybridized carbons (Fsp3) is 0.636. The van der Waals surface area contributed by atoms with E-state index in [0.717, 1.165) is 0 Å². The molecule has 0 spiro atoms. The number of hydrogen-bond acceptors (Lipinski definition) is 4. The Kier molecular flexibility index (Phi) is 5.31. The largest absolute Gasteiger partial charge is 0.471 e. The maximum atomic E-state index is 12.7. The van der Waals surface area contributed by atoms with Crippen LogP contribution in [0.2, 0.25) is 0 Å². The van der Waals surface area contributed by atoms with E-state index in [-0.39, 0.29) is 5.88 Å². The lowest BCUT2D eigenvalue weighted by Crippen LogP contribution is -2.34. The Morgan fingerprint density at radius 2 is 2.00 bits per heavy atom. The molecule has 1 N–H and O–H groups in total. The summed E-state index contributed by atoms with van der Waals surface area (Å²) in [6.07, 6.45) is -3.30. The van der Waals surface area contributed by atoms with Crippen LogP contribution in [0.1, 0.15) is 19.7 Å². The first kappa shape index (κ1) is 15.5. The van der Waals surface area contributed by atoms with Crippen molar-refractivity contribution in [2.45, 2.75) is 32.6 Å². The third-order valence-electron chi connectivity index (χ3n) is 2.15. The van der Waals surface area contributed by atoms with Crippen LogP contribution in [0, 0.1) is 0 Å². The smallest absolute Gasteiger partial charge is 0.340 e. The number of rotatable bonds is 7. The van der Waals surface area contributed by atoms with Gasteiger partial charge in [-0.05, 0) is 6.92 Å². The third kappa shape index (κ3) is 4.53. The van der Waals surface area contributed by atoms with Gasteiger partial charge in [0.2, 0.25) is 5.88 Å². The minimum absolute atomic E-state index is 0.150. The van der Waals surface area contributed by atoms with Gasteiger partial charge in [0, 0.05) is 19.0 Å². The number of halogens is 4. The lowest BCUT2D eigenvalue weighted by atomic mass is 10.4. The number of ether oxygens (including phenoxy) is 1. The molecule has 0 amide bonds.